The Kier molecular flexibility index (Phi) is 2.68. The Balaban J connectivity index is 1.96. The van der Waals surface area contributed by atoms with Gasteiger partial charge in [0.05, 0.1) is 6.10 Å². The summed E-state index contributed by atoms with van der Waals surface area (Å²) in [6, 6.07) is 6.52. The summed E-state index contributed by atoms with van der Waals surface area (Å²) in [5.41, 5.74) is 4.29. The van der Waals surface area contributed by atoms with Gasteiger partial charge in [0.15, 0.2) is 0 Å². The SMILES string of the molecule is C=C1c2cc(Br)ccc2CC12CCC(O)CC2. The molecule has 2 heteroatoms. The number of rotatable bonds is 0. The van der Waals surface area contributed by atoms with Crippen molar-refractivity contribution in [3.05, 3.63) is 40.4 Å². The lowest BCUT2D eigenvalue weighted by molar-refractivity contribution is 0.0902. The van der Waals surface area contributed by atoms with Gasteiger partial charge in [0.2, 0.25) is 0 Å². The predicted octanol–water partition coefficient (Wildman–Crippen LogP) is 3.94. The Morgan fingerprint density at radius 1 is 1.29 bits per heavy atom. The second kappa shape index (κ2) is 3.96. The lowest BCUT2D eigenvalue weighted by Gasteiger charge is -2.36. The summed E-state index contributed by atoms with van der Waals surface area (Å²) in [5, 5.41) is 9.66. The van der Waals surface area contributed by atoms with E-state index < -0.39 is 0 Å². The largest absolute Gasteiger partial charge is 0.393 e. The molecule has 0 radical (unpaired) electrons. The average molecular weight is 293 g/mol. The fraction of sp³-hybridized carbons (Fsp3) is 0.467. The van der Waals surface area contributed by atoms with Crippen LogP contribution >= 0.6 is 15.9 Å². The number of hydrogen-bond donors (Lipinski definition) is 1. The summed E-state index contributed by atoms with van der Waals surface area (Å²) in [5.74, 6) is 0. The first-order valence-electron chi connectivity index (χ1n) is 6.27. The van der Waals surface area contributed by atoms with Gasteiger partial charge in [0.25, 0.3) is 0 Å². The van der Waals surface area contributed by atoms with Gasteiger partial charge in [-0.1, -0.05) is 28.6 Å². The Morgan fingerprint density at radius 3 is 2.71 bits per heavy atom. The molecule has 0 amide bonds. The second-order valence-corrected chi connectivity index (χ2v) is 6.38. The van der Waals surface area contributed by atoms with Crippen LogP contribution in [0, 0.1) is 5.41 Å². The van der Waals surface area contributed by atoms with Crippen molar-refractivity contribution in [1.82, 2.24) is 0 Å². The maximum atomic E-state index is 9.66. The number of halogens is 1. The summed E-state index contributed by atoms with van der Waals surface area (Å²) in [7, 11) is 0. The molecule has 1 nitrogen and oxygen atoms in total. The quantitative estimate of drug-likeness (QED) is 0.768. The highest BCUT2D eigenvalue weighted by Crippen LogP contribution is 2.54. The molecule has 17 heavy (non-hydrogen) atoms. The number of allylic oxidation sites excluding steroid dienone is 1. The minimum absolute atomic E-state index is 0.0936. The van der Waals surface area contributed by atoms with Crippen molar-refractivity contribution in [2.24, 2.45) is 5.41 Å². The van der Waals surface area contributed by atoms with Crippen LogP contribution in [-0.2, 0) is 6.42 Å². The molecule has 0 bridgehead atoms. The summed E-state index contributed by atoms with van der Waals surface area (Å²) in [4.78, 5) is 0. The first-order chi connectivity index (χ1) is 8.11. The molecule has 0 aliphatic heterocycles. The predicted molar refractivity (Wildman–Crippen MR) is 73.8 cm³/mol. The summed E-state index contributed by atoms with van der Waals surface area (Å²) < 4.78 is 1.13. The molecular weight excluding hydrogens is 276 g/mol. The minimum Gasteiger partial charge on any atom is -0.393 e. The number of fused-ring (bicyclic) bond motifs is 1. The summed E-state index contributed by atoms with van der Waals surface area (Å²) >= 11 is 3.53. The first kappa shape index (κ1) is 11.5. The van der Waals surface area contributed by atoms with Crippen molar-refractivity contribution in [3.8, 4) is 0 Å². The van der Waals surface area contributed by atoms with E-state index in [0.29, 0.717) is 0 Å². The molecule has 0 heterocycles. The highest BCUT2D eigenvalue weighted by Gasteiger charge is 2.42. The van der Waals surface area contributed by atoms with E-state index in [1.54, 1.807) is 0 Å². The maximum absolute atomic E-state index is 9.66. The number of aliphatic hydroxyl groups is 1. The van der Waals surface area contributed by atoms with E-state index >= 15 is 0 Å². The van der Waals surface area contributed by atoms with Crippen LogP contribution in [0.15, 0.2) is 29.3 Å². The van der Waals surface area contributed by atoms with Gasteiger partial charge in [-0.25, -0.2) is 0 Å². The summed E-state index contributed by atoms with van der Waals surface area (Å²) in [6.45, 7) is 4.34. The molecule has 2 aliphatic carbocycles. The van der Waals surface area contributed by atoms with Gasteiger partial charge in [0, 0.05) is 4.47 Å². The van der Waals surface area contributed by atoms with Gasteiger partial charge in [0.1, 0.15) is 0 Å². The molecule has 0 aromatic heterocycles. The van der Waals surface area contributed by atoms with Gasteiger partial charge in [-0.05, 0) is 66.4 Å². The van der Waals surface area contributed by atoms with Gasteiger partial charge >= 0.3 is 0 Å². The molecule has 1 aromatic carbocycles. The number of aliphatic hydroxyl groups excluding tert-OH is 1. The first-order valence-corrected chi connectivity index (χ1v) is 7.06. The van der Waals surface area contributed by atoms with E-state index in [0.717, 1.165) is 36.6 Å². The molecule has 1 spiro atoms. The number of benzene rings is 1. The molecule has 1 N–H and O–H groups in total. The summed E-state index contributed by atoms with van der Waals surface area (Å²) in [6.07, 6.45) is 5.03. The second-order valence-electron chi connectivity index (χ2n) is 5.47. The fourth-order valence-corrected chi connectivity index (χ4v) is 3.74. The third-order valence-electron chi connectivity index (χ3n) is 4.48. The van der Waals surface area contributed by atoms with Crippen LogP contribution < -0.4 is 0 Å². The molecule has 3 rings (SSSR count). The van der Waals surface area contributed by atoms with Crippen LogP contribution in [0.2, 0.25) is 0 Å². The van der Waals surface area contributed by atoms with Gasteiger partial charge < -0.3 is 5.11 Å². The van der Waals surface area contributed by atoms with Crippen molar-refractivity contribution in [3.63, 3.8) is 0 Å². The van der Waals surface area contributed by atoms with Crippen LogP contribution in [0.25, 0.3) is 5.57 Å². The van der Waals surface area contributed by atoms with Gasteiger partial charge in [-0.2, -0.15) is 0 Å². The molecule has 1 aromatic rings. The zero-order valence-corrected chi connectivity index (χ0v) is 11.5. The zero-order valence-electron chi connectivity index (χ0n) is 9.88. The standard InChI is InChI=1S/C15H17BrO/c1-10-14-8-12(16)3-2-11(14)9-15(10)6-4-13(17)5-7-15/h2-3,8,13,17H,1,4-7,9H2. The third-order valence-corrected chi connectivity index (χ3v) is 4.97. The Bertz CT molecular complexity index is 470. The lowest BCUT2D eigenvalue weighted by atomic mass is 9.69. The molecular formula is C15H17BrO. The van der Waals surface area contributed by atoms with E-state index in [-0.39, 0.29) is 11.5 Å². The highest BCUT2D eigenvalue weighted by molar-refractivity contribution is 9.10. The fourth-order valence-electron chi connectivity index (χ4n) is 3.37. The third kappa shape index (κ3) is 1.78. The van der Waals surface area contributed by atoms with Gasteiger partial charge in [-0.15, -0.1) is 0 Å². The van der Waals surface area contributed by atoms with E-state index in [2.05, 4.69) is 40.7 Å². The Labute approximate surface area is 111 Å². The molecule has 0 unspecified atom stereocenters. The van der Waals surface area contributed by atoms with E-state index in [4.69, 9.17) is 0 Å². The molecule has 90 valence electrons. The Morgan fingerprint density at radius 2 is 2.00 bits per heavy atom. The van der Waals surface area contributed by atoms with Crippen LogP contribution in [-0.4, -0.2) is 11.2 Å². The highest BCUT2D eigenvalue weighted by atomic mass is 79.9. The molecule has 0 atom stereocenters. The van der Waals surface area contributed by atoms with Crippen molar-refractivity contribution in [2.75, 3.05) is 0 Å². The van der Waals surface area contributed by atoms with Crippen LogP contribution in [0.1, 0.15) is 36.8 Å². The molecule has 2 aliphatic rings. The van der Waals surface area contributed by atoms with Crippen molar-refractivity contribution in [2.45, 2.75) is 38.2 Å². The molecule has 1 saturated carbocycles. The van der Waals surface area contributed by atoms with Crippen molar-refractivity contribution >= 4 is 21.5 Å². The number of hydrogen-bond acceptors (Lipinski definition) is 1. The van der Waals surface area contributed by atoms with E-state index in [1.165, 1.54) is 16.7 Å². The minimum atomic E-state index is -0.0936. The maximum Gasteiger partial charge on any atom is 0.0540 e. The molecule has 1 fully saturated rings. The molecule has 0 saturated heterocycles. The smallest absolute Gasteiger partial charge is 0.0540 e. The van der Waals surface area contributed by atoms with Crippen LogP contribution in [0.4, 0.5) is 0 Å². The van der Waals surface area contributed by atoms with E-state index in [1.807, 2.05) is 0 Å². The van der Waals surface area contributed by atoms with Crippen LogP contribution in [0.5, 0.6) is 0 Å². The van der Waals surface area contributed by atoms with E-state index in [9.17, 15) is 5.11 Å². The lowest BCUT2D eigenvalue weighted by Crippen LogP contribution is -2.29. The topological polar surface area (TPSA) is 20.2 Å². The monoisotopic (exact) mass is 292 g/mol. The van der Waals surface area contributed by atoms with Crippen molar-refractivity contribution < 1.29 is 5.11 Å². The van der Waals surface area contributed by atoms with Crippen molar-refractivity contribution in [1.29, 1.82) is 0 Å². The Hall–Kier alpha value is -0.600. The van der Waals surface area contributed by atoms with Crippen LogP contribution in [0.3, 0.4) is 0 Å². The zero-order chi connectivity index (χ0) is 12.0. The van der Waals surface area contributed by atoms with Gasteiger partial charge in [-0.3, -0.25) is 0 Å². The average Bonchev–Trinajstić information content (AvgIpc) is 2.58. The normalized spacial score (nSPS) is 31.9.